The minimum absolute atomic E-state index is 0.0864. The highest BCUT2D eigenvalue weighted by Gasteiger charge is 2.30. The van der Waals surface area contributed by atoms with Gasteiger partial charge in [0.05, 0.1) is 6.04 Å². The number of carboxylic acids is 2. The molecule has 2 heterocycles. The molecule has 12 heteroatoms. The van der Waals surface area contributed by atoms with E-state index in [2.05, 4.69) is 21.0 Å². The van der Waals surface area contributed by atoms with Crippen LogP contribution in [0.5, 0.6) is 0 Å². The molecule has 0 amide bonds. The summed E-state index contributed by atoms with van der Waals surface area (Å²) in [6.45, 7) is 4.09. The quantitative estimate of drug-likeness (QED) is 0.564. The predicted molar refractivity (Wildman–Crippen MR) is 135 cm³/mol. The van der Waals surface area contributed by atoms with E-state index in [0.29, 0.717) is 18.2 Å². The molecular formula is C24H30ClN5O6. The summed E-state index contributed by atoms with van der Waals surface area (Å²) in [5.74, 6) is -2.51. The number of aliphatic carboxylic acids is 2. The monoisotopic (exact) mass is 519 g/mol. The van der Waals surface area contributed by atoms with Gasteiger partial charge in [0.2, 0.25) is 0 Å². The number of benzene rings is 1. The van der Waals surface area contributed by atoms with Gasteiger partial charge in [-0.3, -0.25) is 14.3 Å². The van der Waals surface area contributed by atoms with E-state index in [9.17, 15) is 19.2 Å². The molecule has 11 nitrogen and oxygen atoms in total. The molecule has 2 N–H and O–H groups in total. The predicted octanol–water partition coefficient (Wildman–Crippen LogP) is 1.61. The Kier molecular flexibility index (Phi) is 9.43. The highest BCUT2D eigenvalue weighted by Crippen LogP contribution is 2.31. The molecule has 4 rings (SSSR count). The second-order valence-corrected chi connectivity index (χ2v) is 9.18. The average molecular weight is 520 g/mol. The van der Waals surface area contributed by atoms with Crippen molar-refractivity contribution < 1.29 is 19.8 Å². The SMILES string of the molecule is Cn1c(=O)cnn([C@H]2CC[C@@H](N3CCN(c4cccc(Cl)c4)CC3)CC2)c1=O.O=C(O)C=CC(=O)O. The van der Waals surface area contributed by atoms with Gasteiger partial charge in [-0.05, 0) is 43.9 Å². The van der Waals surface area contributed by atoms with Gasteiger partial charge in [0.1, 0.15) is 6.20 Å². The van der Waals surface area contributed by atoms with Crippen LogP contribution in [-0.4, -0.2) is 73.6 Å². The zero-order chi connectivity index (χ0) is 26.2. The minimum Gasteiger partial charge on any atom is -0.478 e. The van der Waals surface area contributed by atoms with Crippen LogP contribution in [0.15, 0.2) is 52.2 Å². The Morgan fingerprint density at radius 2 is 1.56 bits per heavy atom. The van der Waals surface area contributed by atoms with Crippen LogP contribution in [0.2, 0.25) is 5.02 Å². The van der Waals surface area contributed by atoms with Crippen molar-refractivity contribution in [1.82, 2.24) is 19.2 Å². The summed E-state index contributed by atoms with van der Waals surface area (Å²) in [6.07, 6.45) is 6.30. The number of carboxylic acid groups (broad SMARTS) is 2. The lowest BCUT2D eigenvalue weighted by atomic mass is 9.90. The van der Waals surface area contributed by atoms with Gasteiger partial charge in [0.15, 0.2) is 0 Å². The standard InChI is InChI=1S/C20H26ClN5O2.C4H4O4/c1-23-19(27)14-22-26(20(23)28)17-7-5-16(6-8-17)24-9-11-25(12-10-24)18-4-2-3-15(21)13-18;5-3(6)1-2-4(7)8/h2-4,13-14,16-17H,5-12H2,1H3;1-2H,(H,5,6)(H,7,8)/t16-,17+;. The highest BCUT2D eigenvalue weighted by atomic mass is 35.5. The maximum Gasteiger partial charge on any atom is 0.347 e. The third kappa shape index (κ3) is 7.28. The summed E-state index contributed by atoms with van der Waals surface area (Å²) in [6, 6.07) is 8.69. The van der Waals surface area contributed by atoms with Crippen molar-refractivity contribution in [3.8, 4) is 0 Å². The van der Waals surface area contributed by atoms with Gasteiger partial charge in [-0.1, -0.05) is 17.7 Å². The number of anilines is 1. The number of carbonyl (C=O) groups is 2. The fraction of sp³-hybridized carbons (Fsp3) is 0.458. The lowest BCUT2D eigenvalue weighted by molar-refractivity contribution is -0.134. The Hall–Kier alpha value is -3.44. The molecule has 36 heavy (non-hydrogen) atoms. The summed E-state index contributed by atoms with van der Waals surface area (Å²) in [4.78, 5) is 47.9. The van der Waals surface area contributed by atoms with Crippen LogP contribution in [0.25, 0.3) is 0 Å². The summed E-state index contributed by atoms with van der Waals surface area (Å²) in [5, 5.41) is 20.5. The van der Waals surface area contributed by atoms with Gasteiger partial charge < -0.3 is 15.1 Å². The van der Waals surface area contributed by atoms with Crippen molar-refractivity contribution in [3.63, 3.8) is 0 Å². The molecule has 1 saturated heterocycles. The molecule has 0 unspecified atom stereocenters. The van der Waals surface area contributed by atoms with Crippen LogP contribution in [0, 0.1) is 0 Å². The minimum atomic E-state index is -1.26. The number of rotatable bonds is 5. The number of hydrogen-bond acceptors (Lipinski definition) is 7. The molecule has 1 aliphatic heterocycles. The lowest BCUT2D eigenvalue weighted by Crippen LogP contribution is -2.51. The van der Waals surface area contributed by atoms with Gasteiger partial charge >= 0.3 is 17.6 Å². The van der Waals surface area contributed by atoms with Crippen LogP contribution in [0.1, 0.15) is 31.7 Å². The van der Waals surface area contributed by atoms with E-state index in [0.717, 1.165) is 61.5 Å². The molecular weight excluding hydrogens is 490 g/mol. The number of hydrogen-bond donors (Lipinski definition) is 2. The van der Waals surface area contributed by atoms with E-state index in [1.165, 1.54) is 23.6 Å². The fourth-order valence-corrected chi connectivity index (χ4v) is 4.76. The third-order valence-electron chi connectivity index (χ3n) is 6.49. The number of halogens is 1. The van der Waals surface area contributed by atoms with Gasteiger partial charge in [0, 0.05) is 62.1 Å². The lowest BCUT2D eigenvalue weighted by Gasteiger charge is -2.42. The molecule has 2 fully saturated rings. The Morgan fingerprint density at radius 3 is 2.11 bits per heavy atom. The van der Waals surface area contributed by atoms with E-state index >= 15 is 0 Å². The van der Waals surface area contributed by atoms with Gasteiger partial charge in [0.25, 0.3) is 5.56 Å². The molecule has 0 bridgehead atoms. The summed E-state index contributed by atoms with van der Waals surface area (Å²) in [5.41, 5.74) is 0.523. The molecule has 1 saturated carbocycles. The van der Waals surface area contributed by atoms with Gasteiger partial charge in [-0.25, -0.2) is 19.1 Å². The van der Waals surface area contributed by atoms with Crippen LogP contribution >= 0.6 is 11.6 Å². The Labute approximate surface area is 212 Å². The first-order valence-electron chi connectivity index (χ1n) is 11.7. The molecule has 1 aromatic heterocycles. The molecule has 0 spiro atoms. The zero-order valence-corrected chi connectivity index (χ0v) is 20.8. The third-order valence-corrected chi connectivity index (χ3v) is 6.73. The van der Waals surface area contributed by atoms with E-state index in [-0.39, 0.29) is 17.3 Å². The first kappa shape index (κ1) is 27.2. The smallest absolute Gasteiger partial charge is 0.347 e. The zero-order valence-electron chi connectivity index (χ0n) is 20.0. The molecule has 194 valence electrons. The summed E-state index contributed by atoms with van der Waals surface area (Å²) >= 11 is 6.12. The first-order valence-corrected chi connectivity index (χ1v) is 12.1. The molecule has 2 aromatic rings. The van der Waals surface area contributed by atoms with Crippen molar-refractivity contribution in [1.29, 1.82) is 0 Å². The van der Waals surface area contributed by atoms with Gasteiger partial charge in [-0.2, -0.15) is 5.10 Å². The number of nitrogens with zero attached hydrogens (tertiary/aromatic N) is 5. The first-order chi connectivity index (χ1) is 17.2. The van der Waals surface area contributed by atoms with Crippen LogP contribution in [0.4, 0.5) is 5.69 Å². The maximum absolute atomic E-state index is 12.3. The van der Waals surface area contributed by atoms with E-state index in [1.54, 1.807) is 0 Å². The van der Waals surface area contributed by atoms with Crippen molar-refractivity contribution in [3.05, 3.63) is 68.5 Å². The van der Waals surface area contributed by atoms with Crippen molar-refractivity contribution in [2.45, 2.75) is 37.8 Å². The molecule has 2 aliphatic rings. The van der Waals surface area contributed by atoms with Gasteiger partial charge in [-0.15, -0.1) is 0 Å². The second-order valence-electron chi connectivity index (χ2n) is 8.74. The summed E-state index contributed by atoms with van der Waals surface area (Å²) in [7, 11) is 1.51. The summed E-state index contributed by atoms with van der Waals surface area (Å²) < 4.78 is 2.63. The van der Waals surface area contributed by atoms with E-state index in [1.807, 2.05) is 18.2 Å². The highest BCUT2D eigenvalue weighted by molar-refractivity contribution is 6.30. The van der Waals surface area contributed by atoms with Crippen LogP contribution in [-0.2, 0) is 16.6 Å². The molecule has 0 atom stereocenters. The Balaban J connectivity index is 0.000000392. The topological polar surface area (TPSA) is 138 Å². The van der Waals surface area contributed by atoms with Crippen molar-refractivity contribution in [2.75, 3.05) is 31.1 Å². The largest absolute Gasteiger partial charge is 0.478 e. The second kappa shape index (κ2) is 12.5. The maximum atomic E-state index is 12.3. The van der Waals surface area contributed by atoms with Crippen molar-refractivity contribution >= 4 is 29.2 Å². The number of piperazine rings is 1. The molecule has 0 radical (unpaired) electrons. The Morgan fingerprint density at radius 1 is 0.972 bits per heavy atom. The molecule has 1 aromatic carbocycles. The van der Waals surface area contributed by atoms with E-state index in [4.69, 9.17) is 21.8 Å². The Bertz CT molecular complexity index is 1190. The van der Waals surface area contributed by atoms with Crippen LogP contribution in [0.3, 0.4) is 0 Å². The average Bonchev–Trinajstić information content (AvgIpc) is 2.87. The number of aromatic nitrogens is 3. The van der Waals surface area contributed by atoms with E-state index < -0.39 is 11.9 Å². The fourth-order valence-electron chi connectivity index (χ4n) is 4.57. The molecule has 1 aliphatic carbocycles. The van der Waals surface area contributed by atoms with Crippen LogP contribution < -0.4 is 16.1 Å². The normalized spacial score (nSPS) is 20.6. The van der Waals surface area contributed by atoms with Crippen molar-refractivity contribution in [2.24, 2.45) is 7.05 Å².